The molecule has 4 aromatic rings. The van der Waals surface area contributed by atoms with Crippen molar-refractivity contribution >= 4 is 40.7 Å². The van der Waals surface area contributed by atoms with Crippen molar-refractivity contribution in [2.24, 2.45) is 5.41 Å². The number of halogens is 1. The van der Waals surface area contributed by atoms with Crippen LogP contribution >= 0.6 is 11.6 Å². The smallest absolute Gasteiger partial charge is 0.203 e. The first-order valence-electron chi connectivity index (χ1n) is 14.2. The maximum atomic E-state index is 14.9. The van der Waals surface area contributed by atoms with E-state index in [0.29, 0.717) is 44.5 Å². The Balaban J connectivity index is 1.59. The van der Waals surface area contributed by atoms with Gasteiger partial charge in [-0.25, -0.2) is 0 Å². The minimum atomic E-state index is -1.69. The predicted octanol–water partition coefficient (Wildman–Crippen LogP) is 6.68. The summed E-state index contributed by atoms with van der Waals surface area (Å²) in [4.78, 5) is 46.6. The van der Waals surface area contributed by atoms with Gasteiger partial charge < -0.3 is 19.1 Å². The number of ketones is 3. The van der Waals surface area contributed by atoms with Crippen molar-refractivity contribution in [3.8, 4) is 17.2 Å². The second-order valence-electron chi connectivity index (χ2n) is 11.1. The number of rotatable bonds is 6. The number of nitrogens with zero attached hydrogens (tertiary/aromatic N) is 1. The molecule has 1 fully saturated rings. The third-order valence-corrected chi connectivity index (χ3v) is 9.43. The molecule has 220 valence electrons. The monoisotopic (exact) mass is 605 g/mol. The van der Waals surface area contributed by atoms with Crippen LogP contribution in [0.5, 0.6) is 17.2 Å². The molecule has 0 radical (unpaired) electrons. The van der Waals surface area contributed by atoms with Crippen LogP contribution in [0.1, 0.15) is 48.1 Å². The highest BCUT2D eigenvalue weighted by Gasteiger charge is 2.72. The van der Waals surface area contributed by atoms with E-state index >= 15 is 0 Å². The molecule has 2 aliphatic heterocycles. The van der Waals surface area contributed by atoms with Crippen molar-refractivity contribution in [1.82, 2.24) is 0 Å². The lowest BCUT2D eigenvalue weighted by Crippen LogP contribution is -2.48. The molecule has 8 heteroatoms. The highest BCUT2D eigenvalue weighted by Crippen LogP contribution is 2.63. The molecule has 0 amide bonds. The van der Waals surface area contributed by atoms with Crippen LogP contribution in [0, 0.1) is 5.41 Å². The number of hydrogen-bond acceptors (Lipinski definition) is 7. The molecule has 44 heavy (non-hydrogen) atoms. The van der Waals surface area contributed by atoms with Crippen molar-refractivity contribution in [1.29, 1.82) is 0 Å². The van der Waals surface area contributed by atoms with E-state index in [1.54, 1.807) is 60.7 Å². The molecule has 7 rings (SSSR count). The normalized spacial score (nSPS) is 20.7. The zero-order chi connectivity index (χ0) is 30.7. The molecule has 0 unspecified atom stereocenters. The van der Waals surface area contributed by atoms with E-state index in [2.05, 4.69) is 0 Å². The van der Waals surface area contributed by atoms with E-state index in [9.17, 15) is 14.4 Å². The number of carbonyl (C=O) groups is 3. The van der Waals surface area contributed by atoms with Crippen LogP contribution < -0.4 is 19.1 Å². The Morgan fingerprint density at radius 1 is 0.773 bits per heavy atom. The van der Waals surface area contributed by atoms with E-state index in [-0.39, 0.29) is 17.3 Å². The minimum Gasteiger partial charge on any atom is -0.493 e. The minimum absolute atomic E-state index is 0.257. The number of benzene rings is 4. The first-order valence-corrected chi connectivity index (χ1v) is 14.6. The van der Waals surface area contributed by atoms with Crippen molar-refractivity contribution in [2.45, 2.75) is 18.0 Å². The zero-order valence-electron chi connectivity index (χ0n) is 24.2. The summed E-state index contributed by atoms with van der Waals surface area (Å²) in [5, 5.41) is 0.489. The second kappa shape index (κ2) is 10.4. The molecule has 0 N–H and O–H groups in total. The van der Waals surface area contributed by atoms with Gasteiger partial charge >= 0.3 is 0 Å². The summed E-state index contributed by atoms with van der Waals surface area (Å²) in [6.07, 6.45) is 3.82. The first-order chi connectivity index (χ1) is 21.4. The molecular weight excluding hydrogens is 578 g/mol. The molecule has 4 aromatic carbocycles. The molecule has 0 saturated carbocycles. The van der Waals surface area contributed by atoms with Crippen LogP contribution in [0.25, 0.3) is 6.08 Å². The third-order valence-electron chi connectivity index (χ3n) is 9.18. The van der Waals surface area contributed by atoms with E-state index in [4.69, 9.17) is 25.8 Å². The number of anilines is 1. The Kier molecular flexibility index (Phi) is 6.59. The average molecular weight is 606 g/mol. The SMILES string of the molecule is COc1ccc([C@H]2[C@H](C(=O)c3ccc(Cl)cc3)N3c4ccccc4C=C[C@H]3C23C(=O)c2ccccc2C3=O)c(OC)c1OC. The van der Waals surface area contributed by atoms with E-state index in [1.165, 1.54) is 21.3 Å². The van der Waals surface area contributed by atoms with Gasteiger partial charge in [0.25, 0.3) is 0 Å². The second-order valence-corrected chi connectivity index (χ2v) is 11.5. The van der Waals surface area contributed by atoms with E-state index in [1.807, 2.05) is 41.3 Å². The quantitative estimate of drug-likeness (QED) is 0.179. The molecule has 3 aliphatic rings. The van der Waals surface area contributed by atoms with Gasteiger partial charge in [0, 0.05) is 38.9 Å². The Morgan fingerprint density at radius 2 is 1.41 bits per heavy atom. The van der Waals surface area contributed by atoms with Gasteiger partial charge in [0.05, 0.1) is 27.4 Å². The summed E-state index contributed by atoms with van der Waals surface area (Å²) in [6, 6.07) is 23.0. The van der Waals surface area contributed by atoms with Crippen LogP contribution in [0.4, 0.5) is 5.69 Å². The maximum Gasteiger partial charge on any atom is 0.203 e. The average Bonchev–Trinajstić information content (AvgIpc) is 3.49. The van der Waals surface area contributed by atoms with Crippen molar-refractivity contribution < 1.29 is 28.6 Å². The van der Waals surface area contributed by atoms with Gasteiger partial charge in [-0.2, -0.15) is 0 Å². The predicted molar refractivity (Wildman–Crippen MR) is 168 cm³/mol. The molecule has 1 spiro atoms. The van der Waals surface area contributed by atoms with Crippen LogP contribution in [-0.4, -0.2) is 50.8 Å². The Morgan fingerprint density at radius 3 is 2.05 bits per heavy atom. The molecule has 2 heterocycles. The van der Waals surface area contributed by atoms with Crippen LogP contribution in [0.3, 0.4) is 0 Å². The third kappa shape index (κ3) is 3.65. The number of hydrogen-bond donors (Lipinski definition) is 0. The Labute approximate surface area is 259 Å². The molecule has 0 bridgehead atoms. The number of methoxy groups -OCH3 is 3. The van der Waals surface area contributed by atoms with E-state index < -0.39 is 23.4 Å². The van der Waals surface area contributed by atoms with Gasteiger partial charge in [-0.15, -0.1) is 0 Å². The topological polar surface area (TPSA) is 82.1 Å². The standard InChI is InChI=1S/C36H28ClNO6/c1-42-27-18-17-25(32(43-2)33(27)44-3)29-30(31(39)21-12-15-22(37)16-13-21)38-26-11-7-4-8-20(26)14-19-28(38)36(29)34(40)23-9-5-6-10-24(23)35(36)41/h4-19,28-30H,1-3H3/t28-,29-,30+/m0/s1. The highest BCUT2D eigenvalue weighted by molar-refractivity contribution is 6.32. The molecule has 1 saturated heterocycles. The zero-order valence-corrected chi connectivity index (χ0v) is 25.0. The Hall–Kier alpha value is -4.88. The van der Waals surface area contributed by atoms with Crippen molar-refractivity contribution in [3.05, 3.63) is 124 Å². The molecule has 0 aromatic heterocycles. The maximum absolute atomic E-state index is 14.9. The van der Waals surface area contributed by atoms with Gasteiger partial charge in [0.2, 0.25) is 5.75 Å². The first kappa shape index (κ1) is 27.9. The summed E-state index contributed by atoms with van der Waals surface area (Å²) in [5.74, 6) is -0.886. The van der Waals surface area contributed by atoms with Gasteiger partial charge in [0.15, 0.2) is 28.8 Å². The van der Waals surface area contributed by atoms with Gasteiger partial charge in [-0.3, -0.25) is 14.4 Å². The summed E-state index contributed by atoms with van der Waals surface area (Å²) < 4.78 is 17.3. The van der Waals surface area contributed by atoms with Gasteiger partial charge in [0.1, 0.15) is 11.5 Å². The molecule has 7 nitrogen and oxygen atoms in total. The fourth-order valence-corrected chi connectivity index (χ4v) is 7.54. The number of para-hydroxylation sites is 1. The number of Topliss-reactive ketones (excluding diaryl/α,β-unsaturated/α-hetero) is 3. The summed E-state index contributed by atoms with van der Waals surface area (Å²) in [6.45, 7) is 0. The van der Waals surface area contributed by atoms with Crippen LogP contribution in [-0.2, 0) is 0 Å². The lowest BCUT2D eigenvalue weighted by atomic mass is 9.64. The van der Waals surface area contributed by atoms with E-state index in [0.717, 1.165) is 11.3 Å². The molecule has 1 aliphatic carbocycles. The number of fused-ring (bicyclic) bond motifs is 5. The fourth-order valence-electron chi connectivity index (χ4n) is 7.41. The number of ether oxygens (including phenoxy) is 3. The molecular formula is C36H28ClNO6. The van der Waals surface area contributed by atoms with Crippen LogP contribution in [0.15, 0.2) is 91.0 Å². The van der Waals surface area contributed by atoms with Crippen LogP contribution in [0.2, 0.25) is 5.02 Å². The fraction of sp³-hybridized carbons (Fsp3) is 0.194. The summed E-state index contributed by atoms with van der Waals surface area (Å²) in [5.41, 5.74) is 1.53. The lowest BCUT2D eigenvalue weighted by molar-refractivity contribution is 0.0664. The van der Waals surface area contributed by atoms with Crippen molar-refractivity contribution in [2.75, 3.05) is 26.2 Å². The lowest BCUT2D eigenvalue weighted by Gasteiger charge is -2.37. The van der Waals surface area contributed by atoms with Gasteiger partial charge in [-0.05, 0) is 42.0 Å². The number of carbonyl (C=O) groups excluding carboxylic acids is 3. The van der Waals surface area contributed by atoms with Gasteiger partial charge in [-0.1, -0.05) is 72.3 Å². The summed E-state index contributed by atoms with van der Waals surface area (Å²) in [7, 11) is 4.51. The van der Waals surface area contributed by atoms with Crippen molar-refractivity contribution in [3.63, 3.8) is 0 Å². The Bertz CT molecular complexity index is 1850. The highest BCUT2D eigenvalue weighted by atomic mass is 35.5. The largest absolute Gasteiger partial charge is 0.493 e. The molecule has 3 atom stereocenters. The summed E-state index contributed by atoms with van der Waals surface area (Å²) >= 11 is 6.21.